The molecule has 0 heterocycles. The normalized spacial score (nSPS) is 10.2. The molecule has 0 spiro atoms. The van der Waals surface area contributed by atoms with E-state index in [2.05, 4.69) is 10.9 Å². The summed E-state index contributed by atoms with van der Waals surface area (Å²) in [5.41, 5.74) is 7.75. The molecular formula is C12H18N2O2. The molecule has 0 aromatic heterocycles. The van der Waals surface area contributed by atoms with E-state index in [0.717, 1.165) is 11.3 Å². The Kier molecular flexibility index (Phi) is 4.79. The van der Waals surface area contributed by atoms with Gasteiger partial charge in [-0.15, -0.1) is 0 Å². The number of hydrazine groups is 1. The van der Waals surface area contributed by atoms with Crippen molar-refractivity contribution >= 4 is 11.7 Å². The van der Waals surface area contributed by atoms with Crippen LogP contribution in [0.25, 0.3) is 0 Å². The monoisotopic (exact) mass is 222 g/mol. The molecule has 0 bridgehead atoms. The summed E-state index contributed by atoms with van der Waals surface area (Å²) in [4.78, 5) is 11.2. The van der Waals surface area contributed by atoms with E-state index in [1.165, 1.54) is 0 Å². The van der Waals surface area contributed by atoms with Crippen LogP contribution in [0.4, 0.5) is 5.69 Å². The summed E-state index contributed by atoms with van der Waals surface area (Å²) in [5, 5.41) is 0. The number of hydrogen-bond donors (Lipinski definition) is 2. The van der Waals surface area contributed by atoms with Crippen molar-refractivity contribution in [3.8, 4) is 0 Å². The minimum absolute atomic E-state index is 0.0785. The smallest absolute Gasteiger partial charge is 0.308 e. The SMILES string of the molecule is CNNc1ccc(COC(=O)C(C)C)cc1. The molecule has 0 saturated carbocycles. The predicted molar refractivity (Wildman–Crippen MR) is 63.8 cm³/mol. The number of nitrogens with one attached hydrogen (secondary N) is 2. The van der Waals surface area contributed by atoms with Gasteiger partial charge in [0.25, 0.3) is 0 Å². The number of ether oxygens (including phenoxy) is 1. The zero-order chi connectivity index (χ0) is 12.0. The molecule has 1 aromatic rings. The Labute approximate surface area is 96.0 Å². The largest absolute Gasteiger partial charge is 0.461 e. The van der Waals surface area contributed by atoms with Gasteiger partial charge in [-0.25, -0.2) is 5.43 Å². The summed E-state index contributed by atoms with van der Waals surface area (Å²) in [7, 11) is 1.80. The lowest BCUT2D eigenvalue weighted by atomic mass is 10.2. The molecule has 0 aliphatic heterocycles. The van der Waals surface area contributed by atoms with Gasteiger partial charge in [0.1, 0.15) is 6.61 Å². The van der Waals surface area contributed by atoms with Crippen LogP contribution in [0, 0.1) is 5.92 Å². The van der Waals surface area contributed by atoms with E-state index in [1.807, 2.05) is 38.1 Å². The summed E-state index contributed by atoms with van der Waals surface area (Å²) < 4.78 is 5.11. The average Bonchev–Trinajstić information content (AvgIpc) is 2.28. The van der Waals surface area contributed by atoms with Crippen LogP contribution in [0.15, 0.2) is 24.3 Å². The number of hydrogen-bond acceptors (Lipinski definition) is 4. The lowest BCUT2D eigenvalue weighted by Gasteiger charge is -2.08. The maximum Gasteiger partial charge on any atom is 0.308 e. The van der Waals surface area contributed by atoms with E-state index in [1.54, 1.807) is 7.05 Å². The van der Waals surface area contributed by atoms with Crippen LogP contribution in [0.3, 0.4) is 0 Å². The number of carbonyl (C=O) groups is 1. The van der Waals surface area contributed by atoms with Crippen molar-refractivity contribution in [3.63, 3.8) is 0 Å². The fourth-order valence-electron chi connectivity index (χ4n) is 1.15. The van der Waals surface area contributed by atoms with Crippen molar-refractivity contribution < 1.29 is 9.53 Å². The summed E-state index contributed by atoms with van der Waals surface area (Å²) in [6, 6.07) is 7.70. The molecule has 0 fully saturated rings. The first-order valence-electron chi connectivity index (χ1n) is 5.32. The second-order valence-electron chi connectivity index (χ2n) is 3.83. The first kappa shape index (κ1) is 12.5. The first-order chi connectivity index (χ1) is 7.63. The van der Waals surface area contributed by atoms with Gasteiger partial charge in [0.05, 0.1) is 5.92 Å². The van der Waals surface area contributed by atoms with Gasteiger partial charge >= 0.3 is 5.97 Å². The highest BCUT2D eigenvalue weighted by Gasteiger charge is 2.07. The Hall–Kier alpha value is -1.55. The van der Waals surface area contributed by atoms with Crippen LogP contribution in [0.2, 0.25) is 0 Å². The zero-order valence-electron chi connectivity index (χ0n) is 9.91. The summed E-state index contributed by atoms with van der Waals surface area (Å²) in [6.07, 6.45) is 0. The summed E-state index contributed by atoms with van der Waals surface area (Å²) in [6.45, 7) is 3.97. The zero-order valence-corrected chi connectivity index (χ0v) is 9.91. The molecule has 0 unspecified atom stereocenters. The standard InChI is InChI=1S/C12H18N2O2/c1-9(2)12(15)16-8-10-4-6-11(7-5-10)14-13-3/h4-7,9,13-14H,8H2,1-3H3. The van der Waals surface area contributed by atoms with E-state index in [0.29, 0.717) is 6.61 Å². The Morgan fingerprint density at radius 1 is 1.31 bits per heavy atom. The Bertz CT molecular complexity index is 333. The van der Waals surface area contributed by atoms with Gasteiger partial charge in [-0.2, -0.15) is 0 Å². The van der Waals surface area contributed by atoms with E-state index in [4.69, 9.17) is 4.74 Å². The number of benzene rings is 1. The molecular weight excluding hydrogens is 204 g/mol. The van der Waals surface area contributed by atoms with Gasteiger partial charge in [-0.3, -0.25) is 4.79 Å². The molecule has 0 saturated heterocycles. The molecule has 1 rings (SSSR count). The molecule has 16 heavy (non-hydrogen) atoms. The molecule has 4 heteroatoms. The van der Waals surface area contributed by atoms with Gasteiger partial charge in [0.15, 0.2) is 0 Å². The molecule has 1 aromatic carbocycles. The van der Waals surface area contributed by atoms with Crippen LogP contribution >= 0.6 is 0 Å². The predicted octanol–water partition coefficient (Wildman–Crippen LogP) is 1.93. The van der Waals surface area contributed by atoms with Gasteiger partial charge in [-0.1, -0.05) is 26.0 Å². The molecule has 0 aliphatic rings. The Morgan fingerprint density at radius 3 is 2.44 bits per heavy atom. The third kappa shape index (κ3) is 3.90. The average molecular weight is 222 g/mol. The highest BCUT2D eigenvalue weighted by atomic mass is 16.5. The van der Waals surface area contributed by atoms with Crippen LogP contribution in [0.1, 0.15) is 19.4 Å². The lowest BCUT2D eigenvalue weighted by molar-refractivity contribution is -0.148. The fraction of sp³-hybridized carbons (Fsp3) is 0.417. The van der Waals surface area contributed by atoms with Crippen molar-refractivity contribution in [1.82, 2.24) is 5.43 Å². The van der Waals surface area contributed by atoms with Crippen molar-refractivity contribution in [2.75, 3.05) is 12.5 Å². The molecule has 4 nitrogen and oxygen atoms in total. The van der Waals surface area contributed by atoms with Gasteiger partial charge < -0.3 is 10.2 Å². The van der Waals surface area contributed by atoms with E-state index < -0.39 is 0 Å². The second kappa shape index (κ2) is 6.12. The topological polar surface area (TPSA) is 50.4 Å². The van der Waals surface area contributed by atoms with Crippen molar-refractivity contribution in [2.45, 2.75) is 20.5 Å². The summed E-state index contributed by atoms with van der Waals surface area (Å²) >= 11 is 0. The molecule has 0 aliphatic carbocycles. The van der Waals surface area contributed by atoms with Crippen molar-refractivity contribution in [2.24, 2.45) is 5.92 Å². The summed E-state index contributed by atoms with van der Waals surface area (Å²) in [5.74, 6) is -0.248. The second-order valence-corrected chi connectivity index (χ2v) is 3.83. The first-order valence-corrected chi connectivity index (χ1v) is 5.32. The van der Waals surface area contributed by atoms with Crippen LogP contribution in [-0.4, -0.2) is 13.0 Å². The van der Waals surface area contributed by atoms with Gasteiger partial charge in [0, 0.05) is 12.7 Å². The number of anilines is 1. The number of carbonyl (C=O) groups excluding carboxylic acids is 1. The highest BCUT2D eigenvalue weighted by molar-refractivity contribution is 5.71. The van der Waals surface area contributed by atoms with E-state index >= 15 is 0 Å². The molecule has 0 amide bonds. The molecule has 88 valence electrons. The Balaban J connectivity index is 2.46. The minimum Gasteiger partial charge on any atom is -0.461 e. The fourth-order valence-corrected chi connectivity index (χ4v) is 1.15. The van der Waals surface area contributed by atoms with Crippen LogP contribution in [-0.2, 0) is 16.1 Å². The maximum absolute atomic E-state index is 11.2. The highest BCUT2D eigenvalue weighted by Crippen LogP contribution is 2.10. The molecule has 0 atom stereocenters. The number of esters is 1. The van der Waals surface area contributed by atoms with Gasteiger partial charge in [0.2, 0.25) is 0 Å². The number of rotatable bonds is 5. The minimum atomic E-state index is -0.169. The third-order valence-corrected chi connectivity index (χ3v) is 2.08. The maximum atomic E-state index is 11.2. The Morgan fingerprint density at radius 2 is 1.94 bits per heavy atom. The molecule has 0 radical (unpaired) electrons. The van der Waals surface area contributed by atoms with E-state index in [-0.39, 0.29) is 11.9 Å². The molecule has 2 N–H and O–H groups in total. The lowest BCUT2D eigenvalue weighted by Crippen LogP contribution is -2.14. The third-order valence-electron chi connectivity index (χ3n) is 2.08. The van der Waals surface area contributed by atoms with E-state index in [9.17, 15) is 4.79 Å². The quantitative estimate of drug-likeness (QED) is 0.590. The van der Waals surface area contributed by atoms with Crippen LogP contribution in [0.5, 0.6) is 0 Å². The van der Waals surface area contributed by atoms with Crippen LogP contribution < -0.4 is 10.9 Å². The van der Waals surface area contributed by atoms with Gasteiger partial charge in [-0.05, 0) is 17.7 Å². The van der Waals surface area contributed by atoms with Crippen molar-refractivity contribution in [3.05, 3.63) is 29.8 Å². The van der Waals surface area contributed by atoms with Crippen molar-refractivity contribution in [1.29, 1.82) is 0 Å².